The van der Waals surface area contributed by atoms with Gasteiger partial charge in [0.1, 0.15) is 0 Å². The summed E-state index contributed by atoms with van der Waals surface area (Å²) < 4.78 is 0. The fourth-order valence-electron chi connectivity index (χ4n) is 4.44. The zero-order chi connectivity index (χ0) is 22.6. The van der Waals surface area contributed by atoms with Gasteiger partial charge < -0.3 is 10.6 Å². The van der Waals surface area contributed by atoms with E-state index in [9.17, 15) is 14.4 Å². The quantitative estimate of drug-likeness (QED) is 0.576. The highest BCUT2D eigenvalue weighted by molar-refractivity contribution is 6.07. The summed E-state index contributed by atoms with van der Waals surface area (Å²) in [6.45, 7) is 1.26. The molecule has 2 fully saturated rings. The number of hydrogen-bond donors (Lipinski definition) is 2. The lowest BCUT2D eigenvalue weighted by atomic mass is 9.81. The van der Waals surface area contributed by atoms with Gasteiger partial charge >= 0.3 is 0 Å². The molecule has 2 aliphatic rings. The molecule has 2 aromatic carbocycles. The Balaban J connectivity index is 1.33. The van der Waals surface area contributed by atoms with Crippen molar-refractivity contribution in [2.24, 2.45) is 11.1 Å². The Bertz CT molecular complexity index is 1060. The minimum atomic E-state index is -1.10. The molecule has 4 rings (SSSR count). The molecular weight excluding hydrogens is 402 g/mol. The van der Waals surface area contributed by atoms with E-state index in [1.165, 1.54) is 5.56 Å². The molecule has 2 aromatic rings. The number of likely N-dealkylation sites (tertiary alicyclic amines) is 1. The molecule has 2 aliphatic heterocycles. The van der Waals surface area contributed by atoms with Crippen molar-refractivity contribution in [3.63, 3.8) is 0 Å². The second-order valence-corrected chi connectivity index (χ2v) is 8.61. The summed E-state index contributed by atoms with van der Waals surface area (Å²) in [6.07, 6.45) is 1.70. The molecule has 1 unspecified atom stereocenters. The molecule has 1 atom stereocenters. The van der Waals surface area contributed by atoms with E-state index in [1.54, 1.807) is 4.90 Å². The van der Waals surface area contributed by atoms with Crippen molar-refractivity contribution in [1.29, 1.82) is 0 Å². The number of benzene rings is 2. The van der Waals surface area contributed by atoms with E-state index in [4.69, 9.17) is 5.73 Å². The molecule has 3 N–H and O–H groups in total. The van der Waals surface area contributed by atoms with Gasteiger partial charge in [-0.2, -0.15) is 0 Å². The minimum Gasteiger partial charge on any atom is -0.343 e. The van der Waals surface area contributed by atoms with Crippen molar-refractivity contribution >= 4 is 17.7 Å². The average molecular weight is 430 g/mol. The SMILES string of the molecule is NCC1(CC(=O)N2CCC(c3ccc(C#Cc4ccccc4)cc3)CC2)CC(=O)NC1=O. The number of carbonyl (C=O) groups excluding carboxylic acids is 3. The summed E-state index contributed by atoms with van der Waals surface area (Å²) in [4.78, 5) is 38.4. The van der Waals surface area contributed by atoms with Crippen LogP contribution >= 0.6 is 0 Å². The highest BCUT2D eigenvalue weighted by Crippen LogP contribution is 2.33. The molecule has 0 aliphatic carbocycles. The predicted molar refractivity (Wildman–Crippen MR) is 121 cm³/mol. The van der Waals surface area contributed by atoms with Crippen LogP contribution in [0.15, 0.2) is 54.6 Å². The Morgan fingerprint density at radius 2 is 1.62 bits per heavy atom. The van der Waals surface area contributed by atoms with Crippen molar-refractivity contribution in [1.82, 2.24) is 10.2 Å². The number of carbonyl (C=O) groups is 3. The molecule has 0 spiro atoms. The normalized spacial score (nSPS) is 21.1. The van der Waals surface area contributed by atoms with Gasteiger partial charge in [-0.15, -0.1) is 0 Å². The Morgan fingerprint density at radius 3 is 2.19 bits per heavy atom. The smallest absolute Gasteiger partial charge is 0.235 e. The Morgan fingerprint density at radius 1 is 1.00 bits per heavy atom. The maximum Gasteiger partial charge on any atom is 0.235 e. The van der Waals surface area contributed by atoms with E-state index in [1.807, 2.05) is 42.5 Å². The number of hydrogen-bond acceptors (Lipinski definition) is 4. The van der Waals surface area contributed by atoms with Crippen LogP contribution in [-0.2, 0) is 14.4 Å². The first kappa shape index (κ1) is 21.8. The Labute approximate surface area is 188 Å². The standard InChI is InChI=1S/C26H27N3O3/c27-18-26(16-23(30)28-25(26)32)17-24(31)29-14-12-22(13-15-29)21-10-8-20(9-11-21)7-6-19-4-2-1-3-5-19/h1-5,8-11,22H,12-18,27H2,(H,28,30,32). The molecule has 164 valence electrons. The predicted octanol–water partition coefficient (Wildman–Crippen LogP) is 2.17. The van der Waals surface area contributed by atoms with Gasteiger partial charge in [-0.05, 0) is 48.6 Å². The molecule has 2 heterocycles. The highest BCUT2D eigenvalue weighted by atomic mass is 16.2. The number of nitrogens with one attached hydrogen (secondary N) is 1. The van der Waals surface area contributed by atoms with Crippen molar-refractivity contribution in [2.45, 2.75) is 31.6 Å². The summed E-state index contributed by atoms with van der Waals surface area (Å²) in [5, 5.41) is 2.28. The van der Waals surface area contributed by atoms with E-state index in [0.717, 1.165) is 24.0 Å². The zero-order valence-corrected chi connectivity index (χ0v) is 18.0. The summed E-state index contributed by atoms with van der Waals surface area (Å²) in [7, 11) is 0. The van der Waals surface area contributed by atoms with E-state index in [-0.39, 0.29) is 31.2 Å². The monoisotopic (exact) mass is 429 g/mol. The van der Waals surface area contributed by atoms with Crippen LogP contribution < -0.4 is 11.1 Å². The second-order valence-electron chi connectivity index (χ2n) is 8.61. The van der Waals surface area contributed by atoms with Crippen LogP contribution in [-0.4, -0.2) is 42.3 Å². The van der Waals surface area contributed by atoms with E-state index >= 15 is 0 Å². The molecule has 0 saturated carbocycles. The average Bonchev–Trinajstić information content (AvgIpc) is 3.11. The maximum absolute atomic E-state index is 12.8. The third-order valence-corrected chi connectivity index (χ3v) is 6.47. The molecule has 0 radical (unpaired) electrons. The van der Waals surface area contributed by atoms with Crippen LogP contribution in [0.5, 0.6) is 0 Å². The molecule has 0 bridgehead atoms. The zero-order valence-electron chi connectivity index (χ0n) is 18.0. The first-order valence-corrected chi connectivity index (χ1v) is 11.0. The molecule has 32 heavy (non-hydrogen) atoms. The lowest BCUT2D eigenvalue weighted by Crippen LogP contribution is -2.45. The van der Waals surface area contributed by atoms with Gasteiger partial charge in [0.2, 0.25) is 17.7 Å². The van der Waals surface area contributed by atoms with Crippen LogP contribution in [0.4, 0.5) is 0 Å². The van der Waals surface area contributed by atoms with E-state index in [2.05, 4.69) is 29.3 Å². The molecular formula is C26H27N3O3. The minimum absolute atomic E-state index is 0.00765. The Hall–Kier alpha value is -3.43. The van der Waals surface area contributed by atoms with Crippen molar-refractivity contribution in [3.05, 3.63) is 71.3 Å². The molecule has 0 aromatic heterocycles. The van der Waals surface area contributed by atoms with Crippen molar-refractivity contribution < 1.29 is 14.4 Å². The van der Waals surface area contributed by atoms with Crippen LogP contribution in [0.3, 0.4) is 0 Å². The summed E-state index contributed by atoms with van der Waals surface area (Å²) >= 11 is 0. The lowest BCUT2D eigenvalue weighted by Gasteiger charge is -2.34. The topological polar surface area (TPSA) is 92.5 Å². The second kappa shape index (κ2) is 9.37. The van der Waals surface area contributed by atoms with Gasteiger partial charge in [0.05, 0.1) is 5.41 Å². The van der Waals surface area contributed by atoms with Crippen LogP contribution in [0, 0.1) is 17.3 Å². The van der Waals surface area contributed by atoms with Gasteiger partial charge in [0.25, 0.3) is 0 Å². The van der Waals surface area contributed by atoms with Crippen molar-refractivity contribution in [2.75, 3.05) is 19.6 Å². The largest absolute Gasteiger partial charge is 0.343 e. The third kappa shape index (κ3) is 4.74. The molecule has 6 heteroatoms. The highest BCUT2D eigenvalue weighted by Gasteiger charge is 2.47. The number of nitrogens with two attached hydrogens (primary N) is 1. The van der Waals surface area contributed by atoms with Crippen LogP contribution in [0.1, 0.15) is 48.3 Å². The van der Waals surface area contributed by atoms with Gasteiger partial charge in [0, 0.05) is 43.6 Å². The van der Waals surface area contributed by atoms with Gasteiger partial charge in [-0.1, -0.05) is 42.2 Å². The molecule has 2 saturated heterocycles. The third-order valence-electron chi connectivity index (χ3n) is 6.47. The fraction of sp³-hybridized carbons (Fsp3) is 0.346. The first-order valence-electron chi connectivity index (χ1n) is 11.0. The maximum atomic E-state index is 12.8. The molecule has 3 amide bonds. The van der Waals surface area contributed by atoms with Crippen LogP contribution in [0.2, 0.25) is 0 Å². The number of piperidine rings is 1. The summed E-state index contributed by atoms with van der Waals surface area (Å²) in [5.74, 6) is 5.86. The van der Waals surface area contributed by atoms with E-state index in [0.29, 0.717) is 19.0 Å². The van der Waals surface area contributed by atoms with E-state index < -0.39 is 11.3 Å². The van der Waals surface area contributed by atoms with Gasteiger partial charge in [0.15, 0.2) is 0 Å². The number of nitrogens with zero attached hydrogens (tertiary/aromatic N) is 1. The van der Waals surface area contributed by atoms with Crippen molar-refractivity contribution in [3.8, 4) is 11.8 Å². The number of rotatable bonds is 4. The van der Waals surface area contributed by atoms with Crippen LogP contribution in [0.25, 0.3) is 0 Å². The molecule has 6 nitrogen and oxygen atoms in total. The summed E-state index contributed by atoms with van der Waals surface area (Å²) in [5.41, 5.74) is 7.89. The fourth-order valence-corrected chi connectivity index (χ4v) is 4.44. The summed E-state index contributed by atoms with van der Waals surface area (Å²) in [6, 6.07) is 18.2. The van der Waals surface area contributed by atoms with Gasteiger partial charge in [-0.3, -0.25) is 19.7 Å². The lowest BCUT2D eigenvalue weighted by molar-refractivity contribution is -0.139. The number of imide groups is 1. The Kier molecular flexibility index (Phi) is 6.38. The van der Waals surface area contributed by atoms with Gasteiger partial charge in [-0.25, -0.2) is 0 Å². The first-order chi connectivity index (χ1) is 15.5. The number of amides is 3.